The van der Waals surface area contributed by atoms with E-state index in [-0.39, 0.29) is 35.8 Å². The lowest BCUT2D eigenvalue weighted by molar-refractivity contribution is -0.117. The summed E-state index contributed by atoms with van der Waals surface area (Å²) >= 11 is 3.33. The first kappa shape index (κ1) is 23.1. The lowest BCUT2D eigenvalue weighted by Gasteiger charge is -2.14. The number of hydrogen-bond donors (Lipinski definition) is 3. The first-order valence-corrected chi connectivity index (χ1v) is 12.1. The Labute approximate surface area is 210 Å². The molecule has 5 rings (SSSR count). The van der Waals surface area contributed by atoms with Gasteiger partial charge >= 0.3 is 12.1 Å². The number of halogens is 1. The summed E-state index contributed by atoms with van der Waals surface area (Å²) < 4.78 is 6.15. The van der Waals surface area contributed by atoms with Crippen molar-refractivity contribution in [2.75, 3.05) is 18.5 Å². The second-order valence-electron chi connectivity index (χ2n) is 8.80. The number of nitrogens with one attached hydrogen (secondary N) is 2. The zero-order valence-corrected chi connectivity index (χ0v) is 20.2. The summed E-state index contributed by atoms with van der Waals surface area (Å²) in [5.41, 5.74) is 5.14. The SMILES string of the molecule is O=C(NC[C@@H]1C[C@@H]1C(=O)Nc1cc(C(=O)O)ccc1Br)OCC1c2ccccc2-c2ccccc21. The highest BCUT2D eigenvalue weighted by Gasteiger charge is 2.43. The van der Waals surface area contributed by atoms with Crippen molar-refractivity contribution in [2.24, 2.45) is 11.8 Å². The fourth-order valence-corrected chi connectivity index (χ4v) is 4.98. The van der Waals surface area contributed by atoms with E-state index < -0.39 is 12.1 Å². The summed E-state index contributed by atoms with van der Waals surface area (Å²) in [6.07, 6.45) is 0.140. The maximum atomic E-state index is 12.6. The summed E-state index contributed by atoms with van der Waals surface area (Å²) in [4.78, 5) is 36.1. The second-order valence-corrected chi connectivity index (χ2v) is 9.65. The number of hydrogen-bond acceptors (Lipinski definition) is 4. The minimum Gasteiger partial charge on any atom is -0.478 e. The maximum absolute atomic E-state index is 12.6. The van der Waals surface area contributed by atoms with Crippen LogP contribution < -0.4 is 10.6 Å². The molecule has 8 heteroatoms. The number of carboxylic acids is 1. The molecule has 0 heterocycles. The van der Waals surface area contributed by atoms with E-state index in [9.17, 15) is 14.4 Å². The van der Waals surface area contributed by atoms with Crippen LogP contribution in [0, 0.1) is 11.8 Å². The van der Waals surface area contributed by atoms with E-state index in [1.165, 1.54) is 23.3 Å². The Kier molecular flexibility index (Phi) is 6.30. The highest BCUT2D eigenvalue weighted by Crippen LogP contribution is 2.44. The second kappa shape index (κ2) is 9.54. The van der Waals surface area contributed by atoms with Gasteiger partial charge in [-0.2, -0.15) is 0 Å². The van der Waals surface area contributed by atoms with E-state index in [4.69, 9.17) is 9.84 Å². The number of fused-ring (bicyclic) bond motifs is 3. The van der Waals surface area contributed by atoms with E-state index >= 15 is 0 Å². The van der Waals surface area contributed by atoms with Crippen LogP contribution in [0.3, 0.4) is 0 Å². The average Bonchev–Trinajstić information content (AvgIpc) is 3.58. The molecule has 1 fully saturated rings. The van der Waals surface area contributed by atoms with Crippen molar-refractivity contribution >= 4 is 39.6 Å². The van der Waals surface area contributed by atoms with Crippen LogP contribution in [0.5, 0.6) is 0 Å². The Morgan fingerprint density at radius 2 is 1.63 bits per heavy atom. The zero-order chi connectivity index (χ0) is 24.5. The Morgan fingerprint density at radius 1 is 0.971 bits per heavy atom. The number of ether oxygens (including phenoxy) is 1. The number of alkyl carbamates (subject to hydrolysis) is 1. The van der Waals surface area contributed by atoms with Crippen LogP contribution >= 0.6 is 15.9 Å². The quantitative estimate of drug-likeness (QED) is 0.383. The highest BCUT2D eigenvalue weighted by molar-refractivity contribution is 9.10. The average molecular weight is 535 g/mol. The van der Waals surface area contributed by atoms with E-state index in [1.54, 1.807) is 6.07 Å². The van der Waals surface area contributed by atoms with Gasteiger partial charge in [0.05, 0.1) is 11.3 Å². The van der Waals surface area contributed by atoms with Crippen LogP contribution in [-0.4, -0.2) is 36.2 Å². The summed E-state index contributed by atoms with van der Waals surface area (Å²) in [6.45, 7) is 0.577. The molecule has 2 aliphatic rings. The van der Waals surface area contributed by atoms with Crippen LogP contribution in [0.15, 0.2) is 71.2 Å². The van der Waals surface area contributed by atoms with Crippen molar-refractivity contribution < 1.29 is 24.2 Å². The molecule has 2 amide bonds. The molecule has 35 heavy (non-hydrogen) atoms. The molecule has 1 saturated carbocycles. The maximum Gasteiger partial charge on any atom is 0.407 e. The molecule has 3 N–H and O–H groups in total. The van der Waals surface area contributed by atoms with Gasteiger partial charge in [-0.25, -0.2) is 9.59 Å². The van der Waals surface area contributed by atoms with Crippen molar-refractivity contribution in [1.29, 1.82) is 0 Å². The lowest BCUT2D eigenvalue weighted by atomic mass is 9.98. The summed E-state index contributed by atoms with van der Waals surface area (Å²) in [5, 5.41) is 14.7. The van der Waals surface area contributed by atoms with Gasteiger partial charge in [-0.15, -0.1) is 0 Å². The number of aromatic carboxylic acids is 1. The van der Waals surface area contributed by atoms with E-state index in [0.29, 0.717) is 23.1 Å². The Morgan fingerprint density at radius 3 is 2.29 bits per heavy atom. The number of carbonyl (C=O) groups is 3. The molecule has 3 aromatic rings. The van der Waals surface area contributed by atoms with Crippen LogP contribution in [-0.2, 0) is 9.53 Å². The number of amides is 2. The standard InChI is InChI=1S/C27H23BrN2O5/c28-23-10-9-15(26(32)33)12-24(23)30-25(31)21-11-16(21)13-29-27(34)35-14-22-19-7-3-1-5-17(19)18-6-2-4-8-20(18)22/h1-10,12,16,21-22H,11,13-14H2,(H,29,34)(H,30,31)(H,32,33)/t16-,21-/m0/s1. The molecule has 0 radical (unpaired) electrons. The summed E-state index contributed by atoms with van der Waals surface area (Å²) in [6, 6.07) is 20.8. The van der Waals surface area contributed by atoms with Crippen molar-refractivity contribution in [3.05, 3.63) is 87.9 Å². The van der Waals surface area contributed by atoms with Crippen molar-refractivity contribution in [2.45, 2.75) is 12.3 Å². The van der Waals surface area contributed by atoms with E-state index in [0.717, 1.165) is 11.1 Å². The van der Waals surface area contributed by atoms with Gasteiger partial charge in [-0.05, 0) is 68.7 Å². The van der Waals surface area contributed by atoms with Gasteiger partial charge in [0, 0.05) is 22.9 Å². The molecular formula is C27H23BrN2O5. The van der Waals surface area contributed by atoms with Gasteiger partial charge in [-0.3, -0.25) is 4.79 Å². The summed E-state index contributed by atoms with van der Waals surface area (Å²) in [5.74, 6) is -1.51. The van der Waals surface area contributed by atoms with Gasteiger partial charge < -0.3 is 20.5 Å². The molecule has 2 atom stereocenters. The number of benzene rings is 3. The summed E-state index contributed by atoms with van der Waals surface area (Å²) in [7, 11) is 0. The highest BCUT2D eigenvalue weighted by atomic mass is 79.9. The molecular weight excluding hydrogens is 512 g/mol. The number of carboxylic acid groups (broad SMARTS) is 1. The third-order valence-electron chi connectivity index (χ3n) is 6.58. The fraction of sp³-hybridized carbons (Fsp3) is 0.222. The van der Waals surface area contributed by atoms with Gasteiger partial charge in [0.25, 0.3) is 0 Å². The first-order valence-electron chi connectivity index (χ1n) is 11.3. The molecule has 0 saturated heterocycles. The molecule has 178 valence electrons. The Hall–Kier alpha value is -3.65. The normalized spacial score (nSPS) is 17.7. The predicted octanol–water partition coefficient (Wildman–Crippen LogP) is 5.26. The minimum atomic E-state index is -1.07. The van der Waals surface area contributed by atoms with Crippen molar-refractivity contribution in [3.63, 3.8) is 0 Å². The Bertz CT molecular complexity index is 1280. The third kappa shape index (κ3) is 4.79. The molecule has 0 unspecified atom stereocenters. The molecule has 0 bridgehead atoms. The predicted molar refractivity (Wildman–Crippen MR) is 134 cm³/mol. The molecule has 0 aromatic heterocycles. The van der Waals surface area contributed by atoms with Crippen molar-refractivity contribution in [3.8, 4) is 11.1 Å². The van der Waals surface area contributed by atoms with Crippen LogP contribution in [0.2, 0.25) is 0 Å². The van der Waals surface area contributed by atoms with E-state index in [2.05, 4.69) is 50.8 Å². The zero-order valence-electron chi connectivity index (χ0n) is 18.7. The van der Waals surface area contributed by atoms with Gasteiger partial charge in [0.1, 0.15) is 6.61 Å². The smallest absolute Gasteiger partial charge is 0.407 e. The third-order valence-corrected chi connectivity index (χ3v) is 7.27. The minimum absolute atomic E-state index is 0.00684. The van der Waals surface area contributed by atoms with Crippen molar-refractivity contribution in [1.82, 2.24) is 5.32 Å². The number of rotatable bonds is 7. The first-order chi connectivity index (χ1) is 16.9. The van der Waals surface area contributed by atoms with Gasteiger partial charge in [-0.1, -0.05) is 48.5 Å². The molecule has 0 aliphatic heterocycles. The van der Waals surface area contributed by atoms with Crippen LogP contribution in [0.4, 0.5) is 10.5 Å². The monoisotopic (exact) mass is 534 g/mol. The van der Waals surface area contributed by atoms with Crippen LogP contribution in [0.1, 0.15) is 33.8 Å². The van der Waals surface area contributed by atoms with E-state index in [1.807, 2.05) is 24.3 Å². The molecule has 0 spiro atoms. The van der Waals surface area contributed by atoms with Gasteiger partial charge in [0.2, 0.25) is 5.91 Å². The fourth-order valence-electron chi connectivity index (χ4n) is 4.64. The number of anilines is 1. The topological polar surface area (TPSA) is 105 Å². The molecule has 7 nitrogen and oxygen atoms in total. The molecule has 3 aromatic carbocycles. The number of carbonyl (C=O) groups excluding carboxylic acids is 2. The van der Waals surface area contributed by atoms with Crippen LogP contribution in [0.25, 0.3) is 11.1 Å². The largest absolute Gasteiger partial charge is 0.478 e. The lowest BCUT2D eigenvalue weighted by Crippen LogP contribution is -2.29. The molecule has 2 aliphatic carbocycles. The van der Waals surface area contributed by atoms with Gasteiger partial charge in [0.15, 0.2) is 0 Å². The Balaban J connectivity index is 1.11.